The highest BCUT2D eigenvalue weighted by Crippen LogP contribution is 2.12. The van der Waals surface area contributed by atoms with E-state index in [-0.39, 0.29) is 5.56 Å². The van der Waals surface area contributed by atoms with Crippen molar-refractivity contribution in [2.45, 2.75) is 27.2 Å². The summed E-state index contributed by atoms with van der Waals surface area (Å²) >= 11 is 0. The molecule has 0 nitrogen and oxygen atoms in total. The normalized spacial score (nSPS) is 9.08. The summed E-state index contributed by atoms with van der Waals surface area (Å²) in [5.74, 6) is -2.59. The van der Waals surface area contributed by atoms with E-state index in [2.05, 4.69) is 13.8 Å². The van der Waals surface area contributed by atoms with Crippen LogP contribution in [0.25, 0.3) is 0 Å². The maximum Gasteiger partial charge on any atom is 0.131 e. The third-order valence-corrected chi connectivity index (χ3v) is 1.25. The average Bonchev–Trinajstić information content (AvgIpc) is 2.01. The summed E-state index contributed by atoms with van der Waals surface area (Å²) in [5.41, 5.74) is -0.151. The molecule has 0 amide bonds. The van der Waals surface area contributed by atoms with E-state index in [1.165, 1.54) is 13.3 Å². The Morgan fingerprint density at radius 2 is 1.31 bits per heavy atom. The van der Waals surface area contributed by atoms with E-state index in [0.29, 0.717) is 12.1 Å². The Kier molecular flexibility index (Phi) is 5.19. The Balaban J connectivity index is 0.000000424. The molecule has 0 atom stereocenters. The number of hydrogen-bond donors (Lipinski definition) is 0. The summed E-state index contributed by atoms with van der Waals surface area (Å²) in [6, 6.07) is 1.30. The van der Waals surface area contributed by atoms with Gasteiger partial charge in [-0.15, -0.1) is 0 Å². The van der Waals surface area contributed by atoms with Gasteiger partial charge in [-0.3, -0.25) is 0 Å². The van der Waals surface area contributed by atoms with Crippen LogP contribution < -0.4 is 0 Å². The summed E-state index contributed by atoms with van der Waals surface area (Å²) in [4.78, 5) is 0. The predicted octanol–water partition coefficient (Wildman–Crippen LogP) is 3.83. The Hall–Kier alpha value is -0.990. The lowest BCUT2D eigenvalue weighted by Gasteiger charge is -1.96. The van der Waals surface area contributed by atoms with Crippen LogP contribution in [0.3, 0.4) is 0 Å². The van der Waals surface area contributed by atoms with Gasteiger partial charge in [0.05, 0.1) is 0 Å². The lowest BCUT2D eigenvalue weighted by Crippen LogP contribution is -1.89. The molecule has 0 saturated heterocycles. The monoisotopic (exact) mass is 190 g/mol. The van der Waals surface area contributed by atoms with Crippen molar-refractivity contribution in [1.82, 2.24) is 0 Å². The second kappa shape index (κ2) is 5.62. The maximum atomic E-state index is 12.4. The lowest BCUT2D eigenvalue weighted by atomic mass is 10.2. The van der Waals surface area contributed by atoms with Crippen molar-refractivity contribution in [3.63, 3.8) is 0 Å². The first-order valence-corrected chi connectivity index (χ1v) is 4.14. The highest BCUT2D eigenvalue weighted by molar-refractivity contribution is 5.18. The molecule has 0 bridgehead atoms. The standard InChI is InChI=1S/C7H5F3.C3H8/c1-4-6(9)2-5(8)3-7(4)10;1-3-2/h2-3H,1H3;3H2,1-2H3. The Bertz CT molecular complexity index is 246. The molecule has 0 saturated carbocycles. The summed E-state index contributed by atoms with van der Waals surface area (Å²) in [6.07, 6.45) is 1.25. The molecule has 0 radical (unpaired) electrons. The quantitative estimate of drug-likeness (QED) is 0.583. The molecule has 0 aromatic heterocycles. The van der Waals surface area contributed by atoms with E-state index < -0.39 is 17.5 Å². The largest absolute Gasteiger partial charge is 0.207 e. The van der Waals surface area contributed by atoms with Gasteiger partial charge in [0.25, 0.3) is 0 Å². The first kappa shape index (κ1) is 12.0. The summed E-state index contributed by atoms with van der Waals surface area (Å²) in [5, 5.41) is 0. The molecule has 1 aromatic rings. The summed E-state index contributed by atoms with van der Waals surface area (Å²) in [6.45, 7) is 5.50. The molecule has 3 heteroatoms. The summed E-state index contributed by atoms with van der Waals surface area (Å²) < 4.78 is 36.8. The van der Waals surface area contributed by atoms with E-state index >= 15 is 0 Å². The van der Waals surface area contributed by atoms with E-state index in [1.807, 2.05) is 0 Å². The molecule has 0 N–H and O–H groups in total. The van der Waals surface area contributed by atoms with Gasteiger partial charge in [-0.05, 0) is 6.92 Å². The molecular formula is C10H13F3. The average molecular weight is 190 g/mol. The van der Waals surface area contributed by atoms with Crippen LogP contribution in [0.4, 0.5) is 13.2 Å². The van der Waals surface area contributed by atoms with Crippen molar-refractivity contribution in [3.05, 3.63) is 35.1 Å². The highest BCUT2D eigenvalue weighted by atomic mass is 19.1. The molecule has 0 aliphatic rings. The number of halogens is 3. The van der Waals surface area contributed by atoms with Gasteiger partial charge in [-0.1, -0.05) is 20.3 Å². The fourth-order valence-corrected chi connectivity index (χ4v) is 0.614. The van der Waals surface area contributed by atoms with E-state index in [0.717, 1.165) is 0 Å². The van der Waals surface area contributed by atoms with Crippen LogP contribution in [0.1, 0.15) is 25.8 Å². The third kappa shape index (κ3) is 3.97. The van der Waals surface area contributed by atoms with Crippen LogP contribution in [-0.4, -0.2) is 0 Å². The van der Waals surface area contributed by atoms with Crippen LogP contribution in [-0.2, 0) is 0 Å². The van der Waals surface area contributed by atoms with Crippen molar-refractivity contribution < 1.29 is 13.2 Å². The predicted molar refractivity (Wildman–Crippen MR) is 47.0 cm³/mol. The van der Waals surface area contributed by atoms with E-state index in [9.17, 15) is 13.2 Å². The SMILES string of the molecule is CCC.Cc1c(F)cc(F)cc1F. The van der Waals surface area contributed by atoms with Gasteiger partial charge in [0.1, 0.15) is 17.5 Å². The smallest absolute Gasteiger partial charge is 0.131 e. The Morgan fingerprint density at radius 3 is 1.62 bits per heavy atom. The van der Waals surface area contributed by atoms with Gasteiger partial charge in [-0.25, -0.2) is 13.2 Å². The topological polar surface area (TPSA) is 0 Å². The Morgan fingerprint density at radius 1 is 1.00 bits per heavy atom. The van der Waals surface area contributed by atoms with Gasteiger partial charge in [0.15, 0.2) is 0 Å². The lowest BCUT2D eigenvalue weighted by molar-refractivity contribution is 0.532. The number of benzene rings is 1. The molecule has 1 aromatic carbocycles. The van der Waals surface area contributed by atoms with Gasteiger partial charge < -0.3 is 0 Å². The van der Waals surface area contributed by atoms with Crippen LogP contribution in [0, 0.1) is 24.4 Å². The summed E-state index contributed by atoms with van der Waals surface area (Å²) in [7, 11) is 0. The van der Waals surface area contributed by atoms with E-state index in [4.69, 9.17) is 0 Å². The molecule has 0 spiro atoms. The van der Waals surface area contributed by atoms with Crippen molar-refractivity contribution in [3.8, 4) is 0 Å². The van der Waals surface area contributed by atoms with Crippen molar-refractivity contribution in [2.24, 2.45) is 0 Å². The minimum atomic E-state index is -0.888. The highest BCUT2D eigenvalue weighted by Gasteiger charge is 2.05. The van der Waals surface area contributed by atoms with Crippen LogP contribution in [0.5, 0.6) is 0 Å². The fourth-order valence-electron chi connectivity index (χ4n) is 0.614. The first-order valence-electron chi connectivity index (χ1n) is 4.14. The van der Waals surface area contributed by atoms with E-state index in [1.54, 1.807) is 0 Å². The van der Waals surface area contributed by atoms with Gasteiger partial charge in [-0.2, -0.15) is 0 Å². The van der Waals surface area contributed by atoms with Gasteiger partial charge >= 0.3 is 0 Å². The van der Waals surface area contributed by atoms with Crippen LogP contribution in [0.2, 0.25) is 0 Å². The maximum absolute atomic E-state index is 12.4. The Labute approximate surface area is 76.4 Å². The van der Waals surface area contributed by atoms with Crippen LogP contribution in [0.15, 0.2) is 12.1 Å². The molecule has 1 rings (SSSR count). The zero-order valence-corrected chi connectivity index (χ0v) is 8.00. The molecule has 74 valence electrons. The van der Waals surface area contributed by atoms with Gasteiger partial charge in [0.2, 0.25) is 0 Å². The molecule has 0 aliphatic carbocycles. The second-order valence-corrected chi connectivity index (χ2v) is 2.70. The minimum Gasteiger partial charge on any atom is -0.207 e. The second-order valence-electron chi connectivity index (χ2n) is 2.70. The van der Waals surface area contributed by atoms with Crippen LogP contribution >= 0.6 is 0 Å². The van der Waals surface area contributed by atoms with Crippen molar-refractivity contribution >= 4 is 0 Å². The molecule has 0 unspecified atom stereocenters. The number of rotatable bonds is 0. The fraction of sp³-hybridized carbons (Fsp3) is 0.400. The van der Waals surface area contributed by atoms with Crippen molar-refractivity contribution in [2.75, 3.05) is 0 Å². The number of hydrogen-bond acceptors (Lipinski definition) is 0. The molecule has 0 fully saturated rings. The molecule has 0 aliphatic heterocycles. The molecule has 13 heavy (non-hydrogen) atoms. The zero-order chi connectivity index (χ0) is 10.4. The minimum absolute atomic E-state index is 0.151. The van der Waals surface area contributed by atoms with Crippen molar-refractivity contribution in [1.29, 1.82) is 0 Å². The molecular weight excluding hydrogens is 177 g/mol. The first-order chi connectivity index (χ1) is 6.02. The third-order valence-electron chi connectivity index (χ3n) is 1.25. The molecule has 0 heterocycles. The zero-order valence-electron chi connectivity index (χ0n) is 8.00. The van der Waals surface area contributed by atoms with Gasteiger partial charge in [0, 0.05) is 17.7 Å².